The third kappa shape index (κ3) is 10.5. The van der Waals surface area contributed by atoms with Crippen LogP contribution in [0.15, 0.2) is 18.2 Å². The number of carbonyl (C=O) groups excluding carboxylic acids is 3. The van der Waals surface area contributed by atoms with E-state index >= 15 is 0 Å². The summed E-state index contributed by atoms with van der Waals surface area (Å²) >= 11 is 0. The van der Waals surface area contributed by atoms with Crippen LogP contribution in [0.5, 0.6) is 5.75 Å². The lowest BCUT2D eigenvalue weighted by Gasteiger charge is -2.36. The van der Waals surface area contributed by atoms with E-state index in [0.717, 1.165) is 25.7 Å². The Balaban J connectivity index is 3.57. The molecule has 0 bridgehead atoms. The average molecular weight is 534 g/mol. The van der Waals surface area contributed by atoms with Gasteiger partial charge in [-0.2, -0.15) is 0 Å². The van der Waals surface area contributed by atoms with Crippen LogP contribution in [0.2, 0.25) is 0 Å². The van der Waals surface area contributed by atoms with Crippen molar-refractivity contribution in [1.82, 2.24) is 15.5 Å². The first-order valence-corrected chi connectivity index (χ1v) is 14.1. The van der Waals surface area contributed by atoms with Gasteiger partial charge in [0.15, 0.2) is 0 Å². The minimum Gasteiger partial charge on any atom is -0.507 e. The number of amides is 3. The fourth-order valence-corrected chi connectivity index (χ4v) is 4.26. The first-order chi connectivity index (χ1) is 17.7. The molecule has 0 fully saturated rings. The Labute approximate surface area is 229 Å². The fraction of sp³-hybridized carbons (Fsp3) is 0.700. The topological polar surface area (TPSA) is 108 Å². The van der Waals surface area contributed by atoms with Crippen molar-refractivity contribution in [3.8, 4) is 5.75 Å². The number of carbonyl (C=O) groups is 3. The molecule has 3 atom stereocenters. The second-order valence-corrected chi connectivity index (χ2v) is 11.5. The molecule has 216 valence electrons. The van der Waals surface area contributed by atoms with Crippen LogP contribution in [0.1, 0.15) is 111 Å². The first kappa shape index (κ1) is 33.3. The zero-order valence-corrected chi connectivity index (χ0v) is 25.0. The lowest BCUT2D eigenvalue weighted by molar-refractivity contribution is -0.143. The maximum Gasteiger partial charge on any atom is 0.408 e. The lowest BCUT2D eigenvalue weighted by Crippen LogP contribution is -2.55. The molecule has 0 spiro atoms. The van der Waals surface area contributed by atoms with E-state index in [-0.39, 0.29) is 29.5 Å². The monoisotopic (exact) mass is 533 g/mol. The van der Waals surface area contributed by atoms with E-state index in [1.54, 1.807) is 45.9 Å². The van der Waals surface area contributed by atoms with Crippen LogP contribution >= 0.6 is 0 Å². The molecule has 0 saturated heterocycles. The molecule has 1 aromatic rings. The summed E-state index contributed by atoms with van der Waals surface area (Å²) < 4.78 is 5.46. The quantitative estimate of drug-likeness (QED) is 0.254. The second kappa shape index (κ2) is 15.6. The predicted molar refractivity (Wildman–Crippen MR) is 152 cm³/mol. The molecule has 1 rings (SSSR count). The zero-order valence-electron chi connectivity index (χ0n) is 25.0. The summed E-state index contributed by atoms with van der Waals surface area (Å²) in [6.07, 6.45) is 4.78. The fourth-order valence-electron chi connectivity index (χ4n) is 4.26. The van der Waals surface area contributed by atoms with Crippen molar-refractivity contribution in [2.45, 2.75) is 125 Å². The number of nitrogens with one attached hydrogen (secondary N) is 2. The summed E-state index contributed by atoms with van der Waals surface area (Å²) in [4.78, 5) is 42.2. The van der Waals surface area contributed by atoms with Gasteiger partial charge in [-0.3, -0.25) is 9.59 Å². The molecule has 3 amide bonds. The number of phenolic OH excluding ortho intramolecular Hbond substituents is 1. The smallest absolute Gasteiger partial charge is 0.408 e. The Kier molecular flexibility index (Phi) is 13.6. The highest BCUT2D eigenvalue weighted by molar-refractivity contribution is 5.92. The van der Waals surface area contributed by atoms with Crippen molar-refractivity contribution in [1.29, 1.82) is 0 Å². The molecule has 38 heavy (non-hydrogen) atoms. The van der Waals surface area contributed by atoms with Crippen molar-refractivity contribution < 1.29 is 24.2 Å². The normalized spacial score (nSPS) is 13.9. The third-order valence-electron chi connectivity index (χ3n) is 6.49. The molecule has 1 aromatic carbocycles. The summed E-state index contributed by atoms with van der Waals surface area (Å²) in [6, 6.07) is 3.11. The second-order valence-electron chi connectivity index (χ2n) is 11.5. The molecular weight excluding hydrogens is 482 g/mol. The average Bonchev–Trinajstić information content (AvgIpc) is 2.81. The third-order valence-corrected chi connectivity index (χ3v) is 6.49. The van der Waals surface area contributed by atoms with Crippen LogP contribution in [0.3, 0.4) is 0 Å². The largest absolute Gasteiger partial charge is 0.507 e. The van der Waals surface area contributed by atoms with E-state index in [4.69, 9.17) is 4.74 Å². The van der Waals surface area contributed by atoms with Gasteiger partial charge in [0, 0.05) is 18.2 Å². The number of alkyl carbamates (subject to hydrolysis) is 1. The van der Waals surface area contributed by atoms with Crippen molar-refractivity contribution in [2.24, 2.45) is 5.92 Å². The van der Waals surface area contributed by atoms with Crippen LogP contribution < -0.4 is 10.6 Å². The van der Waals surface area contributed by atoms with E-state index in [9.17, 15) is 19.5 Å². The number of aromatic hydroxyl groups is 1. The Hall–Kier alpha value is -2.77. The van der Waals surface area contributed by atoms with Gasteiger partial charge in [-0.25, -0.2) is 4.79 Å². The van der Waals surface area contributed by atoms with Crippen LogP contribution in [-0.4, -0.2) is 52.1 Å². The molecule has 3 N–H and O–H groups in total. The number of benzene rings is 1. The Bertz CT molecular complexity index is 910. The molecule has 0 aliphatic rings. The molecule has 0 aliphatic carbocycles. The number of ether oxygens (including phenoxy) is 1. The highest BCUT2D eigenvalue weighted by atomic mass is 16.6. The number of rotatable bonds is 14. The number of phenols is 1. The molecule has 3 unspecified atom stereocenters. The minimum absolute atomic E-state index is 0.0135. The highest BCUT2D eigenvalue weighted by Gasteiger charge is 2.39. The standard InChI is InChI=1S/C30H51N3O5/c1-10-12-13-14-15-19-33(28(36)24(21(5)11-2)32-29(37)38-30(7,8)9)25(27(35)31-20(3)4)23-18-16-17-22(6)26(23)34/h16-18,20-21,24-25,34H,10-15,19H2,1-9H3,(H,31,35)(H,32,37). The van der Waals surface area contributed by atoms with E-state index in [1.165, 1.54) is 4.90 Å². The van der Waals surface area contributed by atoms with E-state index in [1.807, 2.05) is 27.7 Å². The van der Waals surface area contributed by atoms with Gasteiger partial charge in [-0.1, -0.05) is 71.1 Å². The molecule has 0 aliphatic heterocycles. The SMILES string of the molecule is CCCCCCCN(C(=O)C(NC(=O)OC(C)(C)C)C(C)CC)C(C(=O)NC(C)C)c1cccc(C)c1O. The van der Waals surface area contributed by atoms with Gasteiger partial charge >= 0.3 is 6.09 Å². The highest BCUT2D eigenvalue weighted by Crippen LogP contribution is 2.33. The Morgan fingerprint density at radius 3 is 2.18 bits per heavy atom. The number of hydrogen-bond acceptors (Lipinski definition) is 5. The number of unbranched alkanes of at least 4 members (excludes halogenated alkanes) is 4. The van der Waals surface area contributed by atoms with Gasteiger partial charge in [0.05, 0.1) is 0 Å². The van der Waals surface area contributed by atoms with E-state index in [2.05, 4.69) is 17.6 Å². The number of para-hydroxylation sites is 1. The van der Waals surface area contributed by atoms with Gasteiger partial charge in [-0.15, -0.1) is 0 Å². The maximum absolute atomic E-state index is 14.3. The number of hydrogen-bond donors (Lipinski definition) is 3. The molecule has 0 radical (unpaired) electrons. The summed E-state index contributed by atoms with van der Waals surface area (Å²) in [5.74, 6) is -0.966. The summed E-state index contributed by atoms with van der Waals surface area (Å²) in [5, 5.41) is 16.7. The molecular formula is C30H51N3O5. The van der Waals surface area contributed by atoms with E-state index in [0.29, 0.717) is 30.5 Å². The van der Waals surface area contributed by atoms with Crippen LogP contribution in [0, 0.1) is 12.8 Å². The minimum atomic E-state index is -1.05. The summed E-state index contributed by atoms with van der Waals surface area (Å²) in [7, 11) is 0. The van der Waals surface area contributed by atoms with Crippen molar-refractivity contribution in [3.63, 3.8) is 0 Å². The maximum atomic E-state index is 14.3. The van der Waals surface area contributed by atoms with Crippen molar-refractivity contribution in [2.75, 3.05) is 6.54 Å². The van der Waals surface area contributed by atoms with Crippen LogP contribution in [0.4, 0.5) is 4.79 Å². The van der Waals surface area contributed by atoms with Gasteiger partial charge in [0.2, 0.25) is 11.8 Å². The van der Waals surface area contributed by atoms with Crippen molar-refractivity contribution >= 4 is 17.9 Å². The molecule has 0 heterocycles. The van der Waals surface area contributed by atoms with Crippen LogP contribution in [-0.2, 0) is 14.3 Å². The van der Waals surface area contributed by atoms with Crippen LogP contribution in [0.25, 0.3) is 0 Å². The first-order valence-electron chi connectivity index (χ1n) is 14.1. The Morgan fingerprint density at radius 1 is 1.00 bits per heavy atom. The number of aryl methyl sites for hydroxylation is 1. The van der Waals surface area contributed by atoms with E-state index < -0.39 is 23.8 Å². The summed E-state index contributed by atoms with van der Waals surface area (Å²) in [6.45, 7) is 17.1. The number of nitrogens with zero attached hydrogens (tertiary/aromatic N) is 1. The van der Waals surface area contributed by atoms with Gasteiger partial charge in [0.25, 0.3) is 0 Å². The lowest BCUT2D eigenvalue weighted by atomic mass is 9.94. The summed E-state index contributed by atoms with van der Waals surface area (Å²) in [5.41, 5.74) is 0.259. The molecule has 0 saturated carbocycles. The molecule has 8 heteroatoms. The molecule has 0 aromatic heterocycles. The van der Waals surface area contributed by atoms with Gasteiger partial charge in [-0.05, 0) is 59.4 Å². The van der Waals surface area contributed by atoms with Crippen molar-refractivity contribution in [3.05, 3.63) is 29.3 Å². The van der Waals surface area contributed by atoms with Gasteiger partial charge in [0.1, 0.15) is 23.4 Å². The predicted octanol–water partition coefficient (Wildman–Crippen LogP) is 6.00. The molecule has 8 nitrogen and oxygen atoms in total. The zero-order chi connectivity index (χ0) is 29.0. The van der Waals surface area contributed by atoms with Gasteiger partial charge < -0.3 is 25.4 Å². The Morgan fingerprint density at radius 2 is 1.63 bits per heavy atom.